The average Bonchev–Trinajstić information content (AvgIpc) is 3.99. The summed E-state index contributed by atoms with van der Waals surface area (Å²) >= 11 is 0. The van der Waals surface area contributed by atoms with E-state index in [1.807, 2.05) is 36.4 Å². The zero-order valence-corrected chi connectivity index (χ0v) is 28.5. The van der Waals surface area contributed by atoms with Gasteiger partial charge in [-0.15, -0.1) is 0 Å². The van der Waals surface area contributed by atoms with Gasteiger partial charge in [0.15, 0.2) is 0 Å². The number of allylic oxidation sites excluding steroid dienone is 1. The van der Waals surface area contributed by atoms with Crippen LogP contribution in [-0.4, -0.2) is 110 Å². The van der Waals surface area contributed by atoms with E-state index in [1.165, 1.54) is 0 Å². The van der Waals surface area contributed by atoms with Crippen LogP contribution in [0.3, 0.4) is 0 Å². The van der Waals surface area contributed by atoms with Crippen molar-refractivity contribution < 1.29 is 27.5 Å². The molecule has 1 aromatic carbocycles. The fourth-order valence-corrected chi connectivity index (χ4v) is 8.69. The number of hydrogen-bond acceptors (Lipinski definition) is 10. The van der Waals surface area contributed by atoms with Gasteiger partial charge in [0.05, 0.1) is 28.0 Å². The van der Waals surface area contributed by atoms with Gasteiger partial charge in [0, 0.05) is 45.7 Å². The number of aromatic nitrogens is 2. The van der Waals surface area contributed by atoms with Crippen molar-refractivity contribution >= 4 is 44.6 Å². The van der Waals surface area contributed by atoms with E-state index in [-0.39, 0.29) is 18.2 Å². The predicted molar refractivity (Wildman–Crippen MR) is 180 cm³/mol. The van der Waals surface area contributed by atoms with E-state index in [9.17, 15) is 22.8 Å². The van der Waals surface area contributed by atoms with Crippen LogP contribution in [0.2, 0.25) is 0 Å². The number of anilines is 1. The first-order valence-corrected chi connectivity index (χ1v) is 18.8. The Balaban J connectivity index is 1.16. The normalized spacial score (nSPS) is 30.3. The molecule has 1 aromatic heterocycles. The Kier molecular flexibility index (Phi) is 8.82. The first-order chi connectivity index (χ1) is 23.0. The van der Waals surface area contributed by atoms with Crippen LogP contribution in [0, 0.1) is 17.8 Å². The number of para-hydroxylation sites is 1. The molecule has 4 fully saturated rings. The molecular formula is C34H45N7O6S. The number of ether oxygens (including phenoxy) is 1. The first-order valence-electron chi connectivity index (χ1n) is 17.2. The van der Waals surface area contributed by atoms with Crippen LogP contribution in [0.1, 0.15) is 51.4 Å². The fourth-order valence-electron chi connectivity index (χ4n) is 7.32. The van der Waals surface area contributed by atoms with Crippen LogP contribution in [0.15, 0.2) is 36.4 Å². The van der Waals surface area contributed by atoms with Crippen molar-refractivity contribution in [2.75, 3.05) is 51.7 Å². The number of rotatable bonds is 6. The summed E-state index contributed by atoms with van der Waals surface area (Å²) in [6.07, 6.45) is 7.72. The van der Waals surface area contributed by atoms with Crippen molar-refractivity contribution in [3.8, 4) is 5.88 Å². The summed E-state index contributed by atoms with van der Waals surface area (Å²) in [5.41, 5.74) is -0.623. The summed E-state index contributed by atoms with van der Waals surface area (Å²) < 4.78 is 34.3. The lowest BCUT2D eigenvalue weighted by molar-refractivity contribution is -0.140. The van der Waals surface area contributed by atoms with Crippen molar-refractivity contribution in [3.05, 3.63) is 36.4 Å². The van der Waals surface area contributed by atoms with Crippen molar-refractivity contribution in [3.63, 3.8) is 0 Å². The number of amides is 3. The summed E-state index contributed by atoms with van der Waals surface area (Å²) in [6.45, 7) is 3.94. The molecule has 0 radical (unpaired) electrons. The first kappa shape index (κ1) is 32.8. The maximum absolute atomic E-state index is 14.1. The van der Waals surface area contributed by atoms with Gasteiger partial charge in [-0.05, 0) is 70.5 Å². The van der Waals surface area contributed by atoms with Crippen LogP contribution < -0.4 is 19.7 Å². The molecule has 1 saturated heterocycles. The topological polar surface area (TPSA) is 154 Å². The Morgan fingerprint density at radius 2 is 1.75 bits per heavy atom. The summed E-state index contributed by atoms with van der Waals surface area (Å²) in [7, 11) is 0.0474. The molecule has 13 nitrogen and oxygen atoms in total. The van der Waals surface area contributed by atoms with Gasteiger partial charge < -0.3 is 24.8 Å². The molecule has 3 saturated carbocycles. The molecule has 7 rings (SSSR count). The van der Waals surface area contributed by atoms with Crippen LogP contribution in [-0.2, 0) is 24.4 Å². The van der Waals surface area contributed by atoms with Gasteiger partial charge in [-0.1, -0.05) is 24.3 Å². The van der Waals surface area contributed by atoms with Gasteiger partial charge in [0.25, 0.3) is 5.91 Å². The number of carbonyl (C=O) groups excluding carboxylic acids is 3. The smallest absolute Gasteiger partial charge is 0.259 e. The summed E-state index contributed by atoms with van der Waals surface area (Å²) in [6, 6.07) is 7.67. The number of hydrogen-bond donors (Lipinski definition) is 2. The Labute approximate surface area is 281 Å². The van der Waals surface area contributed by atoms with E-state index < -0.39 is 50.6 Å². The lowest BCUT2D eigenvalue weighted by Gasteiger charge is -2.32. The third-order valence-electron chi connectivity index (χ3n) is 10.6. The Hall–Kier alpha value is -3.78. The average molecular weight is 680 g/mol. The van der Waals surface area contributed by atoms with Crippen molar-refractivity contribution in [2.24, 2.45) is 17.8 Å². The minimum atomic E-state index is -3.81. The molecule has 258 valence electrons. The monoisotopic (exact) mass is 679 g/mol. The molecule has 2 N–H and O–H groups in total. The highest BCUT2D eigenvalue weighted by molar-refractivity contribution is 7.91. The summed E-state index contributed by atoms with van der Waals surface area (Å²) in [4.78, 5) is 57.4. The maximum Gasteiger partial charge on any atom is 0.259 e. The molecule has 0 bridgehead atoms. The molecular weight excluding hydrogens is 634 g/mol. The number of fused-ring (bicyclic) bond motifs is 3. The van der Waals surface area contributed by atoms with Crippen LogP contribution >= 0.6 is 0 Å². The standard InChI is InChI=1S/C34H45N7O6S/c1-39-15-17-41(18-16-39)33-35-28-11-7-6-10-25(28)30(36-33)47-23-19-26-27(20-23)31(43)40(2)14-8-4-3-5-9-22-21-34(22,37-29(26)42)32(44)38-48(45,46)24-12-13-24/h5-7,9-11,22-24,26-27H,3-4,8,12-21H2,1-2H3,(H,37,42)(H,38,44)/t22-,23-,26-,27-,34-/m1/s1. The van der Waals surface area contributed by atoms with E-state index in [1.54, 1.807) is 11.9 Å². The molecule has 0 spiro atoms. The quantitative estimate of drug-likeness (QED) is 0.433. The largest absolute Gasteiger partial charge is 0.474 e. The van der Waals surface area contributed by atoms with Gasteiger partial charge >= 0.3 is 0 Å². The van der Waals surface area contributed by atoms with Gasteiger partial charge in [-0.25, -0.2) is 13.4 Å². The number of likely N-dealkylation sites (N-methyl/N-ethyl adjacent to an activating group) is 1. The van der Waals surface area contributed by atoms with Gasteiger partial charge in [0.2, 0.25) is 33.7 Å². The third kappa shape index (κ3) is 6.60. The minimum absolute atomic E-state index is 0.137. The van der Waals surface area contributed by atoms with Crippen LogP contribution in [0.4, 0.5) is 5.95 Å². The second-order valence-electron chi connectivity index (χ2n) is 14.2. The lowest BCUT2D eigenvalue weighted by Crippen LogP contribution is -2.54. The molecule has 2 aromatic rings. The van der Waals surface area contributed by atoms with Gasteiger partial charge in [0.1, 0.15) is 11.6 Å². The Morgan fingerprint density at radius 1 is 1.00 bits per heavy atom. The molecule has 3 amide bonds. The highest BCUT2D eigenvalue weighted by atomic mass is 32.2. The Bertz CT molecular complexity index is 1720. The van der Waals surface area contributed by atoms with E-state index in [0.29, 0.717) is 44.1 Å². The summed E-state index contributed by atoms with van der Waals surface area (Å²) in [5, 5.41) is 3.13. The number of carbonyl (C=O) groups is 3. The molecule has 14 heteroatoms. The van der Waals surface area contributed by atoms with E-state index in [2.05, 4.69) is 26.9 Å². The molecule has 3 heterocycles. The van der Waals surface area contributed by atoms with Crippen molar-refractivity contribution in [1.29, 1.82) is 0 Å². The number of sulfonamides is 1. The maximum atomic E-state index is 14.1. The minimum Gasteiger partial charge on any atom is -0.474 e. The van der Waals surface area contributed by atoms with Crippen molar-refractivity contribution in [2.45, 2.75) is 68.3 Å². The van der Waals surface area contributed by atoms with E-state index in [0.717, 1.165) is 56.3 Å². The molecule has 0 unspecified atom stereocenters. The zero-order chi connectivity index (χ0) is 33.6. The number of piperazine rings is 1. The second-order valence-corrected chi connectivity index (χ2v) is 16.2. The summed E-state index contributed by atoms with van der Waals surface area (Å²) in [5.74, 6) is -2.05. The van der Waals surface area contributed by atoms with Gasteiger partial charge in [-0.3, -0.25) is 19.1 Å². The van der Waals surface area contributed by atoms with Crippen molar-refractivity contribution in [1.82, 2.24) is 29.8 Å². The van der Waals surface area contributed by atoms with Gasteiger partial charge in [-0.2, -0.15) is 4.98 Å². The molecule has 5 aliphatic rings. The molecule has 48 heavy (non-hydrogen) atoms. The lowest BCUT2D eigenvalue weighted by atomic mass is 9.93. The SMILES string of the molecule is CN1CCN(c2nc(O[C@@H]3C[C@H]4C(=O)N[C@]5(C(=O)NS(=O)(=O)C6CC6)C[C@H]5C=CCCCCN(C)C(=O)[C@@H]4C3)c3ccccc3n2)CC1. The number of nitrogens with zero attached hydrogens (tertiary/aromatic N) is 5. The zero-order valence-electron chi connectivity index (χ0n) is 27.6. The third-order valence-corrected chi connectivity index (χ3v) is 12.4. The molecule has 2 aliphatic heterocycles. The van der Waals surface area contributed by atoms with Crippen LogP contribution in [0.5, 0.6) is 5.88 Å². The predicted octanol–water partition coefficient (Wildman–Crippen LogP) is 1.84. The number of nitrogens with one attached hydrogen (secondary N) is 2. The second kappa shape index (κ2) is 12.9. The Morgan fingerprint density at radius 3 is 2.52 bits per heavy atom. The number of benzene rings is 1. The fraction of sp³-hybridized carbons (Fsp3) is 0.618. The van der Waals surface area contributed by atoms with E-state index in [4.69, 9.17) is 14.7 Å². The molecule has 3 aliphatic carbocycles. The van der Waals surface area contributed by atoms with E-state index >= 15 is 0 Å². The van der Waals surface area contributed by atoms with Crippen LogP contribution in [0.25, 0.3) is 10.9 Å². The highest BCUT2D eigenvalue weighted by Crippen LogP contribution is 2.47. The molecule has 5 atom stereocenters. The highest BCUT2D eigenvalue weighted by Gasteiger charge is 2.62.